The number of ketones is 7. The maximum absolute atomic E-state index is 10.2. The Balaban J connectivity index is -0.0000000269. The van der Waals surface area contributed by atoms with Gasteiger partial charge < -0.3 is 61.6 Å². The molecular weight excluding hydrogens is 1150 g/mol. The molecule has 0 heterocycles. The van der Waals surface area contributed by atoms with Gasteiger partial charge in [0.25, 0.3) is 11.9 Å². The van der Waals surface area contributed by atoms with Gasteiger partial charge in [-0.1, -0.05) is 0 Å². The molecule has 48 heteroatoms. The van der Waals surface area contributed by atoms with Crippen LogP contribution < -0.4 is 0 Å². The second-order valence-corrected chi connectivity index (χ2v) is 8.88. The maximum Gasteiger partial charge on any atom is 0.407 e. The Labute approximate surface area is 443 Å². The van der Waals surface area contributed by atoms with Gasteiger partial charge in [0, 0.05) is 76.2 Å². The predicted octanol–water partition coefficient (Wildman–Crippen LogP) is -4.78. The number of hydrogen-bond donors (Lipinski definition) is 20. The zero-order valence-corrected chi connectivity index (χ0v) is 42.9. The average molecular weight is 1220 g/mol. The average Bonchev–Trinajstić information content (AvgIpc) is 3.35. The van der Waals surface area contributed by atoms with Crippen LogP contribution in [0, 0.1) is 0 Å². The highest BCUT2D eigenvalue weighted by Gasteiger charge is 2.07. The van der Waals surface area contributed by atoms with Crippen molar-refractivity contribution in [3.05, 3.63) is 0 Å². The molecule has 0 fully saturated rings. The number of aliphatic carboxylic acids is 6. The summed E-state index contributed by atoms with van der Waals surface area (Å²) in [5, 5.41) is 135. The zero-order valence-electron chi connectivity index (χ0n) is 42.9. The summed E-state index contributed by atoms with van der Waals surface area (Å²) >= 11 is 0. The summed E-state index contributed by atoms with van der Waals surface area (Å²) in [4.78, 5) is 200. The van der Waals surface area contributed by atoms with E-state index in [2.05, 4.69) is 24.3 Å². The Bertz CT molecular complexity index is 1450. The molecule has 0 amide bonds. The summed E-state index contributed by atoms with van der Waals surface area (Å²) in [6.07, 6.45) is 0.250. The minimum atomic E-state index is -1.38. The molecular formula is C32H64O48. The van der Waals surface area contributed by atoms with Gasteiger partial charge in [-0.3, -0.25) is 105 Å². The number of hydrogen-bond acceptors (Lipinski definition) is 39. The van der Waals surface area contributed by atoms with Crippen molar-refractivity contribution in [2.75, 3.05) is 6.61 Å². The van der Waals surface area contributed by atoms with E-state index in [4.69, 9.17) is 123 Å². The number of carboxylic acid groups (broad SMARTS) is 6. The van der Waals surface area contributed by atoms with Crippen LogP contribution in [0.3, 0.4) is 0 Å². The molecule has 26 N–H and O–H groups in total. The number of ether oxygens (including phenoxy) is 1. The van der Waals surface area contributed by atoms with Crippen molar-refractivity contribution in [3.63, 3.8) is 0 Å². The first kappa shape index (κ1) is 134. The number of Topliss-reactive ketones (excluding diaryl/α,β-unsaturated/α-hetero) is 7. The molecule has 0 saturated heterocycles. The largest absolute Gasteiger partial charge is 0.481 e. The summed E-state index contributed by atoms with van der Waals surface area (Å²) in [5.41, 5.74) is 0. The quantitative estimate of drug-likeness (QED) is 0.0357. The molecule has 0 aromatic heterocycles. The molecule has 480 valence electrons. The summed E-state index contributed by atoms with van der Waals surface area (Å²) in [6, 6.07) is 0. The lowest BCUT2D eigenvalue weighted by molar-refractivity contribution is -0.231. The number of esters is 1. The van der Waals surface area contributed by atoms with E-state index in [0.29, 0.717) is 0 Å². The fourth-order valence-corrected chi connectivity index (χ4v) is 0.361. The summed E-state index contributed by atoms with van der Waals surface area (Å²) < 4.78 is 4.31. The molecule has 0 aromatic carbocycles. The Morgan fingerprint density at radius 2 is 0.400 bits per heavy atom. The van der Waals surface area contributed by atoms with Crippen LogP contribution in [0.5, 0.6) is 0 Å². The fraction of sp³-hybridized carbons (Fsp3) is 0.406. The summed E-state index contributed by atoms with van der Waals surface area (Å²) in [7, 11) is 0. The monoisotopic (exact) mass is 1220 g/mol. The van der Waals surface area contributed by atoms with Crippen LogP contribution in [0.25, 0.3) is 0 Å². The number of carbonyl (C=O) groups is 18. The lowest BCUT2D eigenvalue weighted by Gasteiger charge is -1.93. The van der Waals surface area contributed by atoms with E-state index in [1.165, 1.54) is 6.92 Å². The van der Waals surface area contributed by atoms with E-state index in [9.17, 15) is 76.7 Å². The molecule has 0 bridgehead atoms. The van der Waals surface area contributed by atoms with Crippen molar-refractivity contribution in [2.45, 2.75) is 83.1 Å². The first-order valence-electron chi connectivity index (χ1n) is 16.4. The second kappa shape index (κ2) is 123. The van der Waals surface area contributed by atoms with Gasteiger partial charge in [-0.05, 0) is 6.92 Å². The highest BCUT2D eigenvalue weighted by molar-refractivity contribution is 6.34. The molecule has 0 unspecified atom stereocenters. The highest BCUT2D eigenvalue weighted by atomic mass is 17.1. The molecule has 0 atom stereocenters. The van der Waals surface area contributed by atoms with Crippen molar-refractivity contribution < 1.29 is 241 Å². The van der Waals surface area contributed by atoms with Gasteiger partial charge in [0.1, 0.15) is 0 Å². The topological polar surface area (TPSA) is 887 Å². The third-order valence-corrected chi connectivity index (χ3v) is 2.77. The van der Waals surface area contributed by atoms with Crippen LogP contribution in [-0.4, -0.2) is 240 Å². The van der Waals surface area contributed by atoms with Gasteiger partial charge >= 0.3 is 59.9 Å². The van der Waals surface area contributed by atoms with Crippen molar-refractivity contribution in [1.82, 2.24) is 0 Å². The van der Waals surface area contributed by atoms with Crippen LogP contribution in [0.2, 0.25) is 0 Å². The maximum atomic E-state index is 10.2. The van der Waals surface area contributed by atoms with Crippen molar-refractivity contribution >= 4 is 112 Å². The Morgan fingerprint density at radius 1 is 0.300 bits per heavy atom. The Kier molecular flexibility index (Phi) is 205. The number of rotatable bonds is 8. The van der Waals surface area contributed by atoms with Crippen LogP contribution >= 0.6 is 0 Å². The van der Waals surface area contributed by atoms with E-state index in [1.54, 1.807) is 6.92 Å². The number of carboxylic acids is 6. The summed E-state index contributed by atoms with van der Waals surface area (Å²) in [6.45, 7) is 13.5. The minimum absolute atomic E-state index is 0. The van der Waals surface area contributed by atoms with Crippen molar-refractivity contribution in [3.8, 4) is 0 Å². The van der Waals surface area contributed by atoms with E-state index < -0.39 is 106 Å². The van der Waals surface area contributed by atoms with Crippen LogP contribution in [0.1, 0.15) is 83.1 Å². The van der Waals surface area contributed by atoms with E-state index >= 15 is 0 Å². The molecule has 0 spiro atoms. The van der Waals surface area contributed by atoms with Gasteiger partial charge in [-0.2, -0.15) is 30.6 Å². The first-order valence-corrected chi connectivity index (χ1v) is 16.4. The SMILES string of the molecule is CC(=O)C(=O)O.CC(=O)C(=O)O.CC(=O)C(=O)O.CC(=O)C(=O)O.CC(=O)C(=O)OO.CC(=O)C(=O)OO.CC(=O)O.CC(=O)O.CC(=O)OO.CC(=O)OO.CCOC(=O)C(C)=O.O.O.O.O=C=O.OO.OO.OO.OO.OO. The standard InChI is InChI=1S/C5H8O3.2C3H4O4.4C3H4O3.2C2H4O3.2C2H4O2.CO2.5H2O2.3H2O/c1-3-8-5(7)4(2)6;2*1-2(4)3(5)7-6;4*1-2(4)3(5)6;2*1-2(3)5-4;2*1-2(3)4;2-1-3;5*1-2;;;/h3H2,1-2H3;2*6H,1H3;4*1H3,(H,5,6);2*4H,1H3;2*1H3,(H,3,4);;5*1-2H;3*1H2. The first-order chi connectivity index (χ1) is 35.0. The molecule has 0 radical (unpaired) electrons. The van der Waals surface area contributed by atoms with Gasteiger partial charge in [0.15, 0.2) is 0 Å². The number of carbonyl (C=O) groups excluding carboxylic acids is 14. The molecule has 0 aliphatic rings. The molecule has 0 rings (SSSR count). The van der Waals surface area contributed by atoms with Gasteiger partial charge in [0.2, 0.25) is 40.5 Å². The van der Waals surface area contributed by atoms with E-state index in [0.717, 1.165) is 69.2 Å². The van der Waals surface area contributed by atoms with Gasteiger partial charge in [-0.15, -0.1) is 0 Å². The third-order valence-electron chi connectivity index (χ3n) is 2.77. The lowest BCUT2D eigenvalue weighted by Crippen LogP contribution is -2.12. The van der Waals surface area contributed by atoms with Crippen molar-refractivity contribution in [1.29, 1.82) is 0 Å². The minimum Gasteiger partial charge on any atom is -0.481 e. The second-order valence-electron chi connectivity index (χ2n) is 8.88. The van der Waals surface area contributed by atoms with Crippen LogP contribution in [-0.2, 0) is 120 Å². The summed E-state index contributed by atoms with van der Waals surface area (Å²) in [5.74, 6) is -17.3. The molecule has 80 heavy (non-hydrogen) atoms. The van der Waals surface area contributed by atoms with E-state index in [1.807, 2.05) is 0 Å². The predicted molar refractivity (Wildman–Crippen MR) is 237 cm³/mol. The molecule has 0 aliphatic heterocycles. The molecule has 0 aromatic rings. The van der Waals surface area contributed by atoms with E-state index in [-0.39, 0.29) is 29.2 Å². The third kappa shape index (κ3) is 358. The zero-order chi connectivity index (χ0) is 67.3. The fourth-order valence-electron chi connectivity index (χ4n) is 0.361. The Morgan fingerprint density at radius 3 is 0.412 bits per heavy atom. The molecule has 0 saturated carbocycles. The normalized spacial score (nSPS) is 6.38. The molecule has 48 nitrogen and oxygen atoms in total. The highest BCUT2D eigenvalue weighted by Crippen LogP contribution is 1.77. The molecule has 0 aliphatic carbocycles. The lowest BCUT2D eigenvalue weighted by atomic mass is 10.5. The smallest absolute Gasteiger partial charge is 0.407 e. The van der Waals surface area contributed by atoms with Gasteiger partial charge in [-0.25, -0.2) is 43.2 Å². The van der Waals surface area contributed by atoms with Crippen LogP contribution in [0.15, 0.2) is 0 Å². The Hall–Kier alpha value is -9.44. The van der Waals surface area contributed by atoms with Gasteiger partial charge in [0.05, 0.1) is 6.61 Å². The van der Waals surface area contributed by atoms with Crippen LogP contribution in [0.4, 0.5) is 0 Å². The van der Waals surface area contributed by atoms with Crippen molar-refractivity contribution in [2.24, 2.45) is 0 Å².